The average molecular weight is 383 g/mol. The van der Waals surface area contributed by atoms with E-state index in [1.165, 1.54) is 0 Å². The van der Waals surface area contributed by atoms with Crippen molar-refractivity contribution in [3.05, 3.63) is 40.8 Å². The molecule has 1 aromatic carbocycles. The number of hydrogen-bond acceptors (Lipinski definition) is 6. The van der Waals surface area contributed by atoms with E-state index >= 15 is 4.39 Å². The monoisotopic (exact) mass is 383 g/mol. The highest BCUT2D eigenvalue weighted by molar-refractivity contribution is 5.78. The van der Waals surface area contributed by atoms with Gasteiger partial charge in [-0.25, -0.2) is 9.37 Å². The van der Waals surface area contributed by atoms with Crippen LogP contribution in [0.5, 0.6) is 5.75 Å². The highest BCUT2D eigenvalue weighted by Crippen LogP contribution is 2.45. The zero-order valence-corrected chi connectivity index (χ0v) is 16.5. The maximum absolute atomic E-state index is 15.7. The molecule has 28 heavy (non-hydrogen) atoms. The number of halogens is 1. The van der Waals surface area contributed by atoms with Gasteiger partial charge < -0.3 is 20.7 Å². The largest absolute Gasteiger partial charge is 0.492 e. The number of nitrogens with one attached hydrogen (secondary N) is 3. The first kappa shape index (κ1) is 18.7. The second-order valence-electron chi connectivity index (χ2n) is 7.37. The topological polar surface area (TPSA) is 71.1 Å². The molecule has 7 heteroatoms. The molecule has 0 aliphatic carbocycles. The first-order valence-corrected chi connectivity index (χ1v) is 9.76. The highest BCUT2D eigenvalue weighted by atomic mass is 19.1. The molecule has 0 radical (unpaired) electrons. The van der Waals surface area contributed by atoms with Gasteiger partial charge in [0.05, 0.1) is 17.9 Å². The van der Waals surface area contributed by atoms with Crippen molar-refractivity contribution in [1.82, 2.24) is 15.3 Å². The molecule has 0 saturated carbocycles. The third-order valence-electron chi connectivity index (χ3n) is 5.22. The van der Waals surface area contributed by atoms with Crippen molar-refractivity contribution in [3.63, 3.8) is 0 Å². The highest BCUT2D eigenvalue weighted by Gasteiger charge is 2.30. The van der Waals surface area contributed by atoms with Crippen LogP contribution in [0.2, 0.25) is 0 Å². The fourth-order valence-electron chi connectivity index (χ4n) is 3.76. The standard InChI is InChI=1S/C21H26FN5O/c1-12-11-28-20-15(12)10-16(26-21-25-13(2)9-17(23-3)27-21)19(22)18(20)14-5-4-7-24-8-6-14/h6,9-10,12,24H,4-5,7-8,11H2,1-3H3,(H2,23,25,26,27)/t12-/m1/s1. The number of nitrogens with zero attached hydrogens (tertiary/aromatic N) is 2. The van der Waals surface area contributed by atoms with Crippen molar-refractivity contribution < 1.29 is 9.13 Å². The lowest BCUT2D eigenvalue weighted by Gasteiger charge is -2.17. The van der Waals surface area contributed by atoms with E-state index in [1.807, 2.05) is 19.1 Å². The molecule has 2 aromatic rings. The Morgan fingerprint density at radius 2 is 2.14 bits per heavy atom. The number of allylic oxidation sites excluding steroid dienone is 1. The molecule has 148 valence electrons. The van der Waals surface area contributed by atoms with Crippen LogP contribution in [0, 0.1) is 12.7 Å². The Balaban J connectivity index is 1.80. The van der Waals surface area contributed by atoms with Gasteiger partial charge >= 0.3 is 0 Å². The predicted molar refractivity (Wildman–Crippen MR) is 110 cm³/mol. The van der Waals surface area contributed by atoms with E-state index in [9.17, 15) is 0 Å². The lowest BCUT2D eigenvalue weighted by molar-refractivity contribution is 0.335. The molecule has 3 N–H and O–H groups in total. The molecule has 0 bridgehead atoms. The molecular formula is C21H26FN5O. The second-order valence-corrected chi connectivity index (χ2v) is 7.37. The summed E-state index contributed by atoms with van der Waals surface area (Å²) in [6.07, 6.45) is 3.87. The molecule has 0 saturated heterocycles. The molecule has 1 atom stereocenters. The van der Waals surface area contributed by atoms with E-state index in [4.69, 9.17) is 4.74 Å². The summed E-state index contributed by atoms with van der Waals surface area (Å²) in [7, 11) is 1.80. The van der Waals surface area contributed by atoms with Crippen LogP contribution < -0.4 is 20.7 Å². The lowest BCUT2D eigenvalue weighted by Crippen LogP contribution is -2.12. The summed E-state index contributed by atoms with van der Waals surface area (Å²) in [6, 6.07) is 3.68. The quantitative estimate of drug-likeness (QED) is 0.742. The second kappa shape index (κ2) is 7.75. The van der Waals surface area contributed by atoms with Gasteiger partial charge in [0, 0.05) is 36.8 Å². The summed E-state index contributed by atoms with van der Waals surface area (Å²) in [5.74, 6) is 1.65. The molecule has 3 heterocycles. The van der Waals surface area contributed by atoms with E-state index in [1.54, 1.807) is 7.05 Å². The zero-order valence-electron chi connectivity index (χ0n) is 16.5. The van der Waals surface area contributed by atoms with Crippen molar-refractivity contribution in [2.45, 2.75) is 32.6 Å². The van der Waals surface area contributed by atoms with Gasteiger partial charge in [-0.15, -0.1) is 0 Å². The lowest BCUT2D eigenvalue weighted by atomic mass is 9.93. The smallest absolute Gasteiger partial charge is 0.229 e. The first-order valence-electron chi connectivity index (χ1n) is 9.76. The zero-order chi connectivity index (χ0) is 19.7. The van der Waals surface area contributed by atoms with Crippen molar-refractivity contribution >= 4 is 23.0 Å². The number of ether oxygens (including phenoxy) is 1. The van der Waals surface area contributed by atoms with Gasteiger partial charge in [0.15, 0.2) is 5.82 Å². The fraction of sp³-hybridized carbons (Fsp3) is 0.429. The molecule has 2 aliphatic rings. The van der Waals surface area contributed by atoms with Crippen LogP contribution in [0.25, 0.3) is 5.57 Å². The Kier molecular flexibility index (Phi) is 5.17. The summed E-state index contributed by atoms with van der Waals surface area (Å²) >= 11 is 0. The number of anilines is 3. The third kappa shape index (κ3) is 3.54. The van der Waals surface area contributed by atoms with Gasteiger partial charge in [0.1, 0.15) is 11.6 Å². The molecule has 0 unspecified atom stereocenters. The molecule has 0 amide bonds. The van der Waals surface area contributed by atoms with Crippen molar-refractivity contribution in [3.8, 4) is 5.75 Å². The summed E-state index contributed by atoms with van der Waals surface area (Å²) in [4.78, 5) is 8.81. The maximum Gasteiger partial charge on any atom is 0.229 e. The van der Waals surface area contributed by atoms with E-state index in [0.29, 0.717) is 35.4 Å². The molecule has 2 aliphatic heterocycles. The van der Waals surface area contributed by atoms with Crippen LogP contribution in [0.3, 0.4) is 0 Å². The number of aryl methyl sites for hydroxylation is 1. The van der Waals surface area contributed by atoms with Gasteiger partial charge in [-0.3, -0.25) is 0 Å². The SMILES string of the molecule is CNc1cc(C)nc(Nc2cc3c(c(C4=CCNCCC4)c2F)OC[C@H]3C)n1. The third-order valence-corrected chi connectivity index (χ3v) is 5.22. The van der Waals surface area contributed by atoms with Crippen LogP contribution in [0.15, 0.2) is 18.2 Å². The van der Waals surface area contributed by atoms with Gasteiger partial charge in [-0.2, -0.15) is 4.98 Å². The van der Waals surface area contributed by atoms with Gasteiger partial charge in [-0.05, 0) is 37.9 Å². The molecule has 0 fully saturated rings. The van der Waals surface area contributed by atoms with E-state index in [0.717, 1.165) is 42.8 Å². The van der Waals surface area contributed by atoms with Crippen molar-refractivity contribution in [2.24, 2.45) is 0 Å². The van der Waals surface area contributed by atoms with Crippen LogP contribution in [-0.2, 0) is 0 Å². The van der Waals surface area contributed by atoms with E-state index in [-0.39, 0.29) is 11.7 Å². The number of benzene rings is 1. The summed E-state index contributed by atoms with van der Waals surface area (Å²) < 4.78 is 21.6. The Hall–Kier alpha value is -2.67. The first-order chi connectivity index (χ1) is 13.6. The Bertz CT molecular complexity index is 927. The fourth-order valence-corrected chi connectivity index (χ4v) is 3.76. The van der Waals surface area contributed by atoms with E-state index < -0.39 is 0 Å². The Labute approximate surface area is 164 Å². The van der Waals surface area contributed by atoms with Gasteiger partial charge in [-0.1, -0.05) is 13.0 Å². The number of aromatic nitrogens is 2. The number of rotatable bonds is 4. The number of hydrogen-bond donors (Lipinski definition) is 3. The van der Waals surface area contributed by atoms with Crippen LogP contribution >= 0.6 is 0 Å². The summed E-state index contributed by atoms with van der Waals surface area (Å²) in [5, 5.41) is 9.44. The van der Waals surface area contributed by atoms with E-state index in [2.05, 4.69) is 38.9 Å². The van der Waals surface area contributed by atoms with Crippen molar-refractivity contribution in [2.75, 3.05) is 37.4 Å². The number of fused-ring (bicyclic) bond motifs is 1. The minimum absolute atomic E-state index is 0.214. The maximum atomic E-state index is 15.7. The molecule has 1 aromatic heterocycles. The Morgan fingerprint density at radius 3 is 2.96 bits per heavy atom. The van der Waals surface area contributed by atoms with Gasteiger partial charge in [0.2, 0.25) is 5.95 Å². The van der Waals surface area contributed by atoms with Crippen molar-refractivity contribution in [1.29, 1.82) is 0 Å². The average Bonchev–Trinajstić information content (AvgIpc) is 2.88. The minimum atomic E-state index is -0.308. The normalized spacial score (nSPS) is 18.7. The van der Waals surface area contributed by atoms with Crippen LogP contribution in [0.1, 0.15) is 42.5 Å². The van der Waals surface area contributed by atoms with Crippen LogP contribution in [0.4, 0.5) is 21.8 Å². The predicted octanol–water partition coefficient (Wildman–Crippen LogP) is 3.97. The summed E-state index contributed by atoms with van der Waals surface area (Å²) in [6.45, 7) is 6.23. The van der Waals surface area contributed by atoms with Crippen LogP contribution in [-0.4, -0.2) is 36.7 Å². The Morgan fingerprint density at radius 1 is 1.29 bits per heavy atom. The minimum Gasteiger partial charge on any atom is -0.492 e. The molecular weight excluding hydrogens is 357 g/mol. The van der Waals surface area contributed by atoms with Gasteiger partial charge in [0.25, 0.3) is 0 Å². The molecule has 6 nitrogen and oxygen atoms in total. The molecule has 0 spiro atoms. The molecule has 4 rings (SSSR count). The summed E-state index contributed by atoms with van der Waals surface area (Å²) in [5.41, 5.74) is 3.79.